The van der Waals surface area contributed by atoms with Gasteiger partial charge >= 0.3 is 0 Å². The highest BCUT2D eigenvalue weighted by atomic mass is 35.5. The second-order valence-electron chi connectivity index (χ2n) is 5.62. The Labute approximate surface area is 125 Å². The van der Waals surface area contributed by atoms with Crippen LogP contribution in [0.25, 0.3) is 0 Å². The molecule has 0 spiro atoms. The summed E-state index contributed by atoms with van der Waals surface area (Å²) in [5, 5.41) is 4.85. The van der Waals surface area contributed by atoms with Gasteiger partial charge in [0.1, 0.15) is 0 Å². The first-order valence-electron chi connectivity index (χ1n) is 7.15. The topological polar surface area (TPSA) is 15.3 Å². The normalized spacial score (nSPS) is 23.8. The molecule has 1 aromatic rings. The third kappa shape index (κ3) is 2.92. The van der Waals surface area contributed by atoms with E-state index in [-0.39, 0.29) is 0 Å². The van der Waals surface area contributed by atoms with Gasteiger partial charge < -0.3 is 5.32 Å². The van der Waals surface area contributed by atoms with Crippen molar-refractivity contribution >= 4 is 23.2 Å². The van der Waals surface area contributed by atoms with Gasteiger partial charge in [-0.15, -0.1) is 0 Å². The molecule has 0 radical (unpaired) electrons. The summed E-state index contributed by atoms with van der Waals surface area (Å²) in [6.07, 6.45) is 5.27. The molecule has 1 saturated heterocycles. The molecular weight excluding hydrogens is 279 g/mol. The molecule has 1 aliphatic carbocycles. The van der Waals surface area contributed by atoms with Crippen molar-refractivity contribution < 1.29 is 0 Å². The first-order valence-corrected chi connectivity index (χ1v) is 7.90. The van der Waals surface area contributed by atoms with Gasteiger partial charge in [0.25, 0.3) is 0 Å². The highest BCUT2D eigenvalue weighted by Gasteiger charge is 2.32. The first-order chi connectivity index (χ1) is 9.25. The smallest absolute Gasteiger partial charge is 0.0637 e. The van der Waals surface area contributed by atoms with Gasteiger partial charge in [0, 0.05) is 25.2 Å². The molecule has 104 valence electrons. The number of nitrogens with zero attached hydrogens (tertiary/aromatic N) is 1. The summed E-state index contributed by atoms with van der Waals surface area (Å²) in [7, 11) is 0. The van der Waals surface area contributed by atoms with Gasteiger partial charge in [-0.05, 0) is 37.4 Å². The zero-order valence-corrected chi connectivity index (χ0v) is 12.6. The SMILES string of the molecule is Clc1cccc(CN(C2CCC2)C2CCNC2)c1Cl. The second kappa shape index (κ2) is 6.01. The van der Waals surface area contributed by atoms with Gasteiger partial charge in [-0.25, -0.2) is 0 Å². The fourth-order valence-corrected chi connectivity index (χ4v) is 3.44. The predicted octanol–water partition coefficient (Wildman–Crippen LogP) is 3.71. The fourth-order valence-electron chi connectivity index (χ4n) is 3.06. The minimum atomic E-state index is 0.653. The maximum Gasteiger partial charge on any atom is 0.0637 e. The van der Waals surface area contributed by atoms with Gasteiger partial charge in [-0.2, -0.15) is 0 Å². The van der Waals surface area contributed by atoms with Crippen LogP contribution in [0.1, 0.15) is 31.2 Å². The van der Waals surface area contributed by atoms with Crippen molar-refractivity contribution in [2.45, 2.75) is 44.3 Å². The van der Waals surface area contributed by atoms with E-state index in [0.29, 0.717) is 11.1 Å². The Morgan fingerprint density at radius 1 is 1.16 bits per heavy atom. The second-order valence-corrected chi connectivity index (χ2v) is 6.40. The molecule has 0 aromatic heterocycles. The predicted molar refractivity (Wildman–Crippen MR) is 80.9 cm³/mol. The molecule has 1 saturated carbocycles. The number of hydrogen-bond donors (Lipinski definition) is 1. The van der Waals surface area contributed by atoms with Crippen molar-refractivity contribution in [2.75, 3.05) is 13.1 Å². The summed E-state index contributed by atoms with van der Waals surface area (Å²) in [5.74, 6) is 0. The van der Waals surface area contributed by atoms with Gasteiger partial charge in [-0.1, -0.05) is 41.8 Å². The van der Waals surface area contributed by atoms with Crippen LogP contribution < -0.4 is 5.32 Å². The van der Waals surface area contributed by atoms with Crippen LogP contribution in [-0.4, -0.2) is 30.1 Å². The van der Waals surface area contributed by atoms with Gasteiger partial charge in [0.2, 0.25) is 0 Å². The third-order valence-electron chi connectivity index (χ3n) is 4.43. The van der Waals surface area contributed by atoms with Crippen LogP contribution >= 0.6 is 23.2 Å². The Balaban J connectivity index is 1.78. The van der Waals surface area contributed by atoms with Crippen LogP contribution in [0.15, 0.2) is 18.2 Å². The number of nitrogens with one attached hydrogen (secondary N) is 1. The van der Waals surface area contributed by atoms with E-state index in [4.69, 9.17) is 23.2 Å². The van der Waals surface area contributed by atoms with Crippen molar-refractivity contribution in [1.29, 1.82) is 0 Å². The van der Waals surface area contributed by atoms with E-state index < -0.39 is 0 Å². The number of rotatable bonds is 4. The molecule has 1 unspecified atom stereocenters. The van der Waals surface area contributed by atoms with Crippen LogP contribution in [0.3, 0.4) is 0 Å². The average molecular weight is 299 g/mol. The number of hydrogen-bond acceptors (Lipinski definition) is 2. The van der Waals surface area contributed by atoms with Crippen molar-refractivity contribution in [3.05, 3.63) is 33.8 Å². The molecule has 1 aliphatic heterocycles. The summed E-state index contributed by atoms with van der Waals surface area (Å²) in [6, 6.07) is 7.34. The summed E-state index contributed by atoms with van der Waals surface area (Å²) in [4.78, 5) is 2.64. The third-order valence-corrected chi connectivity index (χ3v) is 5.29. The molecule has 1 heterocycles. The zero-order valence-electron chi connectivity index (χ0n) is 11.0. The van der Waals surface area contributed by atoms with Crippen LogP contribution in [0.2, 0.25) is 10.0 Å². The van der Waals surface area contributed by atoms with Gasteiger partial charge in [-0.3, -0.25) is 4.90 Å². The molecule has 3 rings (SSSR count). The van der Waals surface area contributed by atoms with Crippen molar-refractivity contribution in [2.24, 2.45) is 0 Å². The van der Waals surface area contributed by atoms with E-state index in [0.717, 1.165) is 36.3 Å². The van der Waals surface area contributed by atoms with E-state index in [1.54, 1.807) is 0 Å². The Morgan fingerprint density at radius 2 is 2.00 bits per heavy atom. The van der Waals surface area contributed by atoms with Crippen LogP contribution in [0.4, 0.5) is 0 Å². The summed E-state index contributed by atoms with van der Waals surface area (Å²) < 4.78 is 0. The van der Waals surface area contributed by atoms with E-state index in [1.165, 1.54) is 25.7 Å². The molecule has 19 heavy (non-hydrogen) atoms. The fraction of sp³-hybridized carbons (Fsp3) is 0.600. The zero-order chi connectivity index (χ0) is 13.2. The van der Waals surface area contributed by atoms with E-state index in [1.807, 2.05) is 12.1 Å². The molecule has 4 heteroatoms. The summed E-state index contributed by atoms with van der Waals surface area (Å²) in [6.45, 7) is 3.17. The highest BCUT2D eigenvalue weighted by molar-refractivity contribution is 6.42. The summed E-state index contributed by atoms with van der Waals surface area (Å²) in [5.41, 5.74) is 1.16. The molecule has 2 fully saturated rings. The molecule has 2 nitrogen and oxygen atoms in total. The van der Waals surface area contributed by atoms with Crippen LogP contribution in [-0.2, 0) is 6.54 Å². The lowest BCUT2D eigenvalue weighted by atomic mass is 9.89. The van der Waals surface area contributed by atoms with Crippen molar-refractivity contribution in [3.8, 4) is 0 Å². The monoisotopic (exact) mass is 298 g/mol. The van der Waals surface area contributed by atoms with Crippen LogP contribution in [0.5, 0.6) is 0 Å². The lowest BCUT2D eigenvalue weighted by Gasteiger charge is -2.41. The Bertz CT molecular complexity index is 440. The molecule has 1 atom stereocenters. The molecule has 0 bridgehead atoms. The Morgan fingerprint density at radius 3 is 2.63 bits per heavy atom. The molecule has 2 aliphatic rings. The van der Waals surface area contributed by atoms with Gasteiger partial charge in [0.05, 0.1) is 10.0 Å². The van der Waals surface area contributed by atoms with Crippen molar-refractivity contribution in [1.82, 2.24) is 10.2 Å². The average Bonchev–Trinajstić information content (AvgIpc) is 2.85. The number of benzene rings is 1. The minimum absolute atomic E-state index is 0.653. The lowest BCUT2D eigenvalue weighted by molar-refractivity contribution is 0.0791. The lowest BCUT2D eigenvalue weighted by Crippen LogP contribution is -2.47. The minimum Gasteiger partial charge on any atom is -0.315 e. The maximum atomic E-state index is 6.34. The summed E-state index contributed by atoms with van der Waals surface area (Å²) >= 11 is 12.5. The van der Waals surface area contributed by atoms with E-state index in [2.05, 4.69) is 16.3 Å². The molecule has 1 aromatic carbocycles. The van der Waals surface area contributed by atoms with Crippen LogP contribution in [0, 0.1) is 0 Å². The Hall–Kier alpha value is -0.280. The quantitative estimate of drug-likeness (QED) is 0.911. The van der Waals surface area contributed by atoms with Crippen molar-refractivity contribution in [3.63, 3.8) is 0 Å². The molecular formula is C15H20Cl2N2. The number of halogens is 2. The standard InChI is InChI=1S/C15H20Cl2N2/c16-14-6-1-3-11(15(14)17)10-19(12-4-2-5-12)13-7-8-18-9-13/h1,3,6,12-13,18H,2,4-5,7-10H2. The first kappa shape index (κ1) is 13.7. The van der Waals surface area contributed by atoms with E-state index in [9.17, 15) is 0 Å². The van der Waals surface area contributed by atoms with E-state index >= 15 is 0 Å². The highest BCUT2D eigenvalue weighted by Crippen LogP contribution is 2.32. The maximum absolute atomic E-state index is 6.34. The molecule has 0 amide bonds. The Kier molecular flexibility index (Phi) is 4.33. The molecule has 1 N–H and O–H groups in total. The van der Waals surface area contributed by atoms with Gasteiger partial charge in [0.15, 0.2) is 0 Å². The largest absolute Gasteiger partial charge is 0.315 e.